The van der Waals surface area contributed by atoms with E-state index in [2.05, 4.69) is 15.3 Å². The van der Waals surface area contributed by atoms with Crippen molar-refractivity contribution in [3.05, 3.63) is 66.2 Å². The van der Waals surface area contributed by atoms with E-state index in [-0.39, 0.29) is 0 Å². The number of esters is 1. The number of hydrogen-bond donors (Lipinski definition) is 0. The molecule has 132 valence electrons. The minimum atomic E-state index is -0.489. The second-order valence-corrected chi connectivity index (χ2v) is 5.11. The van der Waals surface area contributed by atoms with Gasteiger partial charge in [-0.3, -0.25) is 0 Å². The first-order valence-corrected chi connectivity index (χ1v) is 7.63. The molecule has 0 aliphatic carbocycles. The monoisotopic (exact) mass is 352 g/mol. The standard InChI is InChI=1S/C18H16N4O4/c1-24-15-6-4-14(5-7-15)18(23)26-16-8-3-13(9-17(16)25-2)10-21-22-11-19-20-12-22/h3-12H,1-2H3/b21-10-. The Labute approximate surface area is 149 Å². The van der Waals surface area contributed by atoms with Crippen LogP contribution in [0.2, 0.25) is 0 Å². The van der Waals surface area contributed by atoms with Crippen molar-refractivity contribution >= 4 is 12.2 Å². The van der Waals surface area contributed by atoms with E-state index in [0.29, 0.717) is 22.8 Å². The van der Waals surface area contributed by atoms with Crippen molar-refractivity contribution in [2.75, 3.05) is 14.2 Å². The molecule has 26 heavy (non-hydrogen) atoms. The van der Waals surface area contributed by atoms with Gasteiger partial charge >= 0.3 is 5.97 Å². The lowest BCUT2D eigenvalue weighted by Crippen LogP contribution is -2.09. The third kappa shape index (κ3) is 4.04. The van der Waals surface area contributed by atoms with Gasteiger partial charge in [0.25, 0.3) is 0 Å². The second kappa shape index (κ2) is 7.93. The van der Waals surface area contributed by atoms with Crippen LogP contribution in [-0.4, -0.2) is 41.3 Å². The molecular formula is C18H16N4O4. The number of rotatable bonds is 6. The zero-order valence-electron chi connectivity index (χ0n) is 14.2. The maximum atomic E-state index is 12.3. The Hall–Kier alpha value is -3.68. The van der Waals surface area contributed by atoms with E-state index in [1.165, 1.54) is 24.4 Å². The fraction of sp³-hybridized carbons (Fsp3) is 0.111. The number of nitrogens with zero attached hydrogens (tertiary/aromatic N) is 4. The summed E-state index contributed by atoms with van der Waals surface area (Å²) in [7, 11) is 3.06. The molecule has 0 radical (unpaired) electrons. The van der Waals surface area contributed by atoms with Gasteiger partial charge in [-0.15, -0.1) is 10.2 Å². The molecule has 3 aromatic rings. The first-order valence-electron chi connectivity index (χ1n) is 7.63. The van der Waals surface area contributed by atoms with Crippen molar-refractivity contribution in [3.63, 3.8) is 0 Å². The van der Waals surface area contributed by atoms with Crippen molar-refractivity contribution in [1.82, 2.24) is 14.9 Å². The first-order chi connectivity index (χ1) is 12.7. The summed E-state index contributed by atoms with van der Waals surface area (Å²) in [6, 6.07) is 11.8. The quantitative estimate of drug-likeness (QED) is 0.384. The predicted molar refractivity (Wildman–Crippen MR) is 94.0 cm³/mol. The van der Waals surface area contributed by atoms with E-state index in [1.54, 1.807) is 55.8 Å². The summed E-state index contributed by atoms with van der Waals surface area (Å²) in [6.45, 7) is 0. The van der Waals surface area contributed by atoms with Crippen molar-refractivity contribution in [3.8, 4) is 17.2 Å². The van der Waals surface area contributed by atoms with Crippen molar-refractivity contribution in [2.24, 2.45) is 5.10 Å². The van der Waals surface area contributed by atoms with Crippen molar-refractivity contribution < 1.29 is 19.0 Å². The molecule has 0 spiro atoms. The van der Waals surface area contributed by atoms with Gasteiger partial charge in [-0.25, -0.2) is 9.47 Å². The molecule has 0 unspecified atom stereocenters. The molecular weight excluding hydrogens is 336 g/mol. The third-order valence-corrected chi connectivity index (χ3v) is 3.46. The third-order valence-electron chi connectivity index (χ3n) is 3.46. The molecule has 0 N–H and O–H groups in total. The number of hydrogen-bond acceptors (Lipinski definition) is 7. The molecule has 8 heteroatoms. The zero-order valence-corrected chi connectivity index (χ0v) is 14.2. The summed E-state index contributed by atoms with van der Waals surface area (Å²) < 4.78 is 17.3. The van der Waals surface area contributed by atoms with E-state index in [4.69, 9.17) is 14.2 Å². The van der Waals surface area contributed by atoms with Crippen LogP contribution >= 0.6 is 0 Å². The Morgan fingerprint density at radius 2 is 1.73 bits per heavy atom. The molecule has 1 heterocycles. The van der Waals surface area contributed by atoms with Gasteiger partial charge in [0.2, 0.25) is 0 Å². The molecule has 3 rings (SSSR count). The molecule has 8 nitrogen and oxygen atoms in total. The lowest BCUT2D eigenvalue weighted by Gasteiger charge is -2.10. The molecule has 1 aromatic heterocycles. The summed E-state index contributed by atoms with van der Waals surface area (Å²) in [4.78, 5) is 12.3. The highest BCUT2D eigenvalue weighted by molar-refractivity contribution is 5.91. The van der Waals surface area contributed by atoms with Gasteiger partial charge in [0.05, 0.1) is 26.0 Å². The molecule has 0 aliphatic heterocycles. The highest BCUT2D eigenvalue weighted by Gasteiger charge is 2.13. The zero-order chi connectivity index (χ0) is 18.4. The number of benzene rings is 2. The van der Waals surface area contributed by atoms with Crippen LogP contribution in [-0.2, 0) is 0 Å². The number of carbonyl (C=O) groups excluding carboxylic acids is 1. The Balaban J connectivity index is 1.75. The van der Waals surface area contributed by atoms with Crippen LogP contribution in [0.25, 0.3) is 0 Å². The van der Waals surface area contributed by atoms with Gasteiger partial charge in [-0.1, -0.05) is 0 Å². The molecule has 0 amide bonds. The lowest BCUT2D eigenvalue weighted by molar-refractivity contribution is 0.0729. The van der Waals surface area contributed by atoms with E-state index in [1.807, 2.05) is 0 Å². The molecule has 0 fully saturated rings. The number of ether oxygens (including phenoxy) is 3. The van der Waals surface area contributed by atoms with Gasteiger partial charge in [0.1, 0.15) is 18.4 Å². The predicted octanol–water partition coefficient (Wildman–Crippen LogP) is 2.40. The SMILES string of the molecule is COc1ccc(C(=O)Oc2ccc(/C=N\n3cnnc3)cc2OC)cc1. The topological polar surface area (TPSA) is 87.8 Å². The Morgan fingerprint density at radius 3 is 2.38 bits per heavy atom. The maximum Gasteiger partial charge on any atom is 0.343 e. The number of methoxy groups -OCH3 is 2. The average Bonchev–Trinajstić information content (AvgIpc) is 3.20. The van der Waals surface area contributed by atoms with Crippen LogP contribution in [0.4, 0.5) is 0 Å². The first kappa shape index (κ1) is 17.2. The Morgan fingerprint density at radius 1 is 1.00 bits per heavy atom. The van der Waals surface area contributed by atoms with E-state index in [0.717, 1.165) is 5.56 Å². The van der Waals surface area contributed by atoms with Crippen LogP contribution in [0, 0.1) is 0 Å². The highest BCUT2D eigenvalue weighted by Crippen LogP contribution is 2.28. The summed E-state index contributed by atoms with van der Waals surface area (Å²) in [5, 5.41) is 11.5. The molecule has 0 bridgehead atoms. The fourth-order valence-electron chi connectivity index (χ4n) is 2.12. The highest BCUT2D eigenvalue weighted by atomic mass is 16.6. The smallest absolute Gasteiger partial charge is 0.343 e. The van der Waals surface area contributed by atoms with Gasteiger partial charge in [0, 0.05) is 0 Å². The minimum Gasteiger partial charge on any atom is -0.497 e. The second-order valence-electron chi connectivity index (χ2n) is 5.11. The fourth-order valence-corrected chi connectivity index (χ4v) is 2.12. The van der Waals surface area contributed by atoms with Crippen molar-refractivity contribution in [2.45, 2.75) is 0 Å². The molecule has 0 saturated carbocycles. The summed E-state index contributed by atoms with van der Waals surface area (Å²) in [5.74, 6) is 0.905. The molecule has 0 atom stereocenters. The van der Waals surface area contributed by atoms with E-state index < -0.39 is 5.97 Å². The Kier molecular flexibility index (Phi) is 5.23. The van der Waals surface area contributed by atoms with Crippen LogP contribution in [0.1, 0.15) is 15.9 Å². The minimum absolute atomic E-state index is 0.315. The van der Waals surface area contributed by atoms with Gasteiger partial charge < -0.3 is 14.2 Å². The van der Waals surface area contributed by atoms with Crippen LogP contribution in [0.5, 0.6) is 17.2 Å². The number of carbonyl (C=O) groups is 1. The maximum absolute atomic E-state index is 12.3. The summed E-state index contributed by atoms with van der Waals surface area (Å²) >= 11 is 0. The number of aromatic nitrogens is 3. The van der Waals surface area contributed by atoms with Crippen LogP contribution < -0.4 is 14.2 Å². The lowest BCUT2D eigenvalue weighted by atomic mass is 10.2. The van der Waals surface area contributed by atoms with Crippen molar-refractivity contribution in [1.29, 1.82) is 0 Å². The Bertz CT molecular complexity index is 905. The van der Waals surface area contributed by atoms with Crippen LogP contribution in [0.3, 0.4) is 0 Å². The summed E-state index contributed by atoms with van der Waals surface area (Å²) in [6.07, 6.45) is 4.55. The molecule has 2 aromatic carbocycles. The summed E-state index contributed by atoms with van der Waals surface area (Å²) in [5.41, 5.74) is 1.17. The average molecular weight is 352 g/mol. The molecule has 0 aliphatic rings. The van der Waals surface area contributed by atoms with Gasteiger partial charge in [0.15, 0.2) is 11.5 Å². The van der Waals surface area contributed by atoms with E-state index in [9.17, 15) is 4.79 Å². The molecule has 0 saturated heterocycles. The van der Waals surface area contributed by atoms with E-state index >= 15 is 0 Å². The largest absolute Gasteiger partial charge is 0.497 e. The van der Waals surface area contributed by atoms with Gasteiger partial charge in [-0.2, -0.15) is 5.10 Å². The van der Waals surface area contributed by atoms with Crippen LogP contribution in [0.15, 0.2) is 60.2 Å². The normalized spacial score (nSPS) is 10.7. The van der Waals surface area contributed by atoms with Gasteiger partial charge in [-0.05, 0) is 48.0 Å².